The summed E-state index contributed by atoms with van der Waals surface area (Å²) in [5.41, 5.74) is 4.52. The van der Waals surface area contributed by atoms with Crippen LogP contribution in [-0.2, 0) is 32.6 Å². The number of rotatable bonds is 11. The summed E-state index contributed by atoms with van der Waals surface area (Å²) in [6.45, 7) is 5.16. The molecule has 0 fully saturated rings. The Morgan fingerprint density at radius 2 is 1.49 bits per heavy atom. The number of nitrogens with zero attached hydrogens (tertiary/aromatic N) is 2. The summed E-state index contributed by atoms with van der Waals surface area (Å²) < 4.78 is 29.4. The molecule has 0 aliphatic heterocycles. The van der Waals surface area contributed by atoms with Crippen molar-refractivity contribution < 1.29 is 18.0 Å². The molecule has 4 aromatic rings. The maximum atomic E-state index is 14.4. The smallest absolute Gasteiger partial charge is 0.264 e. The zero-order valence-electron chi connectivity index (χ0n) is 24.7. The van der Waals surface area contributed by atoms with Gasteiger partial charge in [-0.15, -0.1) is 0 Å². The van der Waals surface area contributed by atoms with Gasteiger partial charge in [-0.05, 0) is 67.8 Å². The van der Waals surface area contributed by atoms with Crippen LogP contribution in [0.25, 0.3) is 0 Å². The molecule has 0 bridgehead atoms. The Bertz CT molecular complexity index is 1690. The normalized spacial score (nSPS) is 11.9. The third kappa shape index (κ3) is 7.83. The Morgan fingerprint density at radius 1 is 0.814 bits per heavy atom. The molecule has 0 heterocycles. The molecule has 2 amide bonds. The molecule has 224 valence electrons. The minimum Gasteiger partial charge on any atom is -0.357 e. The molecule has 0 saturated carbocycles. The minimum atomic E-state index is -4.18. The average Bonchev–Trinajstić information content (AvgIpc) is 2.98. The number of amides is 2. The zero-order chi connectivity index (χ0) is 31.1. The van der Waals surface area contributed by atoms with Gasteiger partial charge in [-0.2, -0.15) is 0 Å². The molecule has 1 N–H and O–H groups in total. The SMILES string of the molecule is CNC(=O)C(Cc1ccccc1)N(Cc1cccc(C)c1)C(=O)CN(c1ccc(Cl)cc1C)S(=O)(=O)c1ccc(C)cc1. The lowest BCUT2D eigenvalue weighted by molar-refractivity contribution is -0.139. The first-order chi connectivity index (χ1) is 20.5. The number of carbonyl (C=O) groups is 2. The van der Waals surface area contributed by atoms with Crippen molar-refractivity contribution in [3.8, 4) is 0 Å². The van der Waals surface area contributed by atoms with E-state index in [0.717, 1.165) is 26.6 Å². The monoisotopic (exact) mass is 617 g/mol. The molecule has 0 radical (unpaired) electrons. The lowest BCUT2D eigenvalue weighted by Crippen LogP contribution is -2.53. The van der Waals surface area contributed by atoms with E-state index in [1.165, 1.54) is 24.1 Å². The van der Waals surface area contributed by atoms with Gasteiger partial charge in [0, 0.05) is 25.0 Å². The quantitative estimate of drug-likeness (QED) is 0.229. The highest BCUT2D eigenvalue weighted by Gasteiger charge is 2.34. The van der Waals surface area contributed by atoms with Crippen molar-refractivity contribution in [2.75, 3.05) is 17.9 Å². The van der Waals surface area contributed by atoms with E-state index in [2.05, 4.69) is 5.32 Å². The number of likely N-dealkylation sites (N-methyl/N-ethyl adjacent to an activating group) is 1. The molecule has 1 unspecified atom stereocenters. The van der Waals surface area contributed by atoms with Crippen LogP contribution < -0.4 is 9.62 Å². The fourth-order valence-corrected chi connectivity index (χ4v) is 6.68. The average molecular weight is 618 g/mol. The van der Waals surface area contributed by atoms with E-state index in [-0.39, 0.29) is 23.8 Å². The van der Waals surface area contributed by atoms with Crippen molar-refractivity contribution in [2.24, 2.45) is 0 Å². The standard InChI is InChI=1S/C34H36ClN3O4S/c1-24-13-16-30(17-14-24)43(41,42)38(31-18-15-29(35)20-26(31)3)23-33(39)37(22-28-12-8-9-25(2)19-28)32(34(40)36-4)21-27-10-6-5-7-11-27/h5-20,32H,21-23H2,1-4H3,(H,36,40). The summed E-state index contributed by atoms with van der Waals surface area (Å²) in [6, 6.07) is 27.6. The van der Waals surface area contributed by atoms with E-state index in [1.54, 1.807) is 37.3 Å². The van der Waals surface area contributed by atoms with Gasteiger partial charge in [-0.1, -0.05) is 89.5 Å². The van der Waals surface area contributed by atoms with Gasteiger partial charge in [-0.3, -0.25) is 13.9 Å². The summed E-state index contributed by atoms with van der Waals surface area (Å²) >= 11 is 6.21. The highest BCUT2D eigenvalue weighted by molar-refractivity contribution is 7.92. The van der Waals surface area contributed by atoms with Gasteiger partial charge in [0.2, 0.25) is 11.8 Å². The largest absolute Gasteiger partial charge is 0.357 e. The Hall–Kier alpha value is -4.14. The van der Waals surface area contributed by atoms with Gasteiger partial charge in [0.1, 0.15) is 12.6 Å². The minimum absolute atomic E-state index is 0.0534. The first-order valence-corrected chi connectivity index (χ1v) is 15.8. The van der Waals surface area contributed by atoms with Crippen molar-refractivity contribution in [1.29, 1.82) is 0 Å². The summed E-state index contributed by atoms with van der Waals surface area (Å²) in [5.74, 6) is -0.864. The Balaban J connectivity index is 1.81. The molecule has 0 spiro atoms. The number of nitrogens with one attached hydrogen (secondary N) is 1. The molecular formula is C34H36ClN3O4S. The predicted octanol–water partition coefficient (Wildman–Crippen LogP) is 5.85. The topological polar surface area (TPSA) is 86.8 Å². The molecule has 0 aromatic heterocycles. The molecular weight excluding hydrogens is 582 g/mol. The van der Waals surface area contributed by atoms with Gasteiger partial charge in [0.25, 0.3) is 10.0 Å². The van der Waals surface area contributed by atoms with E-state index in [9.17, 15) is 18.0 Å². The molecule has 9 heteroatoms. The van der Waals surface area contributed by atoms with Crippen LogP contribution in [-0.4, -0.2) is 44.8 Å². The number of hydrogen-bond acceptors (Lipinski definition) is 4. The van der Waals surface area contributed by atoms with E-state index in [0.29, 0.717) is 16.3 Å². The molecule has 0 aliphatic carbocycles. The van der Waals surface area contributed by atoms with Crippen molar-refractivity contribution >= 4 is 39.1 Å². The lowest BCUT2D eigenvalue weighted by Gasteiger charge is -2.34. The maximum Gasteiger partial charge on any atom is 0.264 e. The second kappa shape index (κ2) is 13.9. The Kier molecular flexibility index (Phi) is 10.3. The second-order valence-electron chi connectivity index (χ2n) is 10.6. The molecule has 43 heavy (non-hydrogen) atoms. The van der Waals surface area contributed by atoms with Crippen LogP contribution in [0.5, 0.6) is 0 Å². The zero-order valence-corrected chi connectivity index (χ0v) is 26.3. The third-order valence-electron chi connectivity index (χ3n) is 7.27. The van der Waals surface area contributed by atoms with Crippen LogP contribution >= 0.6 is 11.6 Å². The number of aryl methyl sites for hydroxylation is 3. The van der Waals surface area contributed by atoms with Crippen molar-refractivity contribution in [3.05, 3.63) is 130 Å². The Labute approximate surface area is 259 Å². The van der Waals surface area contributed by atoms with Crippen LogP contribution in [0, 0.1) is 20.8 Å². The van der Waals surface area contributed by atoms with E-state index in [1.807, 2.05) is 68.4 Å². The second-order valence-corrected chi connectivity index (χ2v) is 12.9. The molecule has 0 aliphatic rings. The number of halogens is 1. The number of carbonyl (C=O) groups excluding carboxylic acids is 2. The fraction of sp³-hybridized carbons (Fsp3) is 0.235. The van der Waals surface area contributed by atoms with E-state index < -0.39 is 28.5 Å². The molecule has 4 rings (SSSR count). The van der Waals surface area contributed by atoms with Gasteiger partial charge < -0.3 is 10.2 Å². The number of benzene rings is 4. The van der Waals surface area contributed by atoms with Gasteiger partial charge in [0.05, 0.1) is 10.6 Å². The van der Waals surface area contributed by atoms with Crippen LogP contribution in [0.15, 0.2) is 102 Å². The summed E-state index contributed by atoms with van der Waals surface area (Å²) in [6.07, 6.45) is 0.253. The summed E-state index contributed by atoms with van der Waals surface area (Å²) in [4.78, 5) is 29.3. The Morgan fingerprint density at radius 3 is 2.12 bits per heavy atom. The first-order valence-electron chi connectivity index (χ1n) is 14.0. The molecule has 7 nitrogen and oxygen atoms in total. The summed E-state index contributed by atoms with van der Waals surface area (Å²) in [5, 5.41) is 3.15. The van der Waals surface area contributed by atoms with Gasteiger partial charge in [-0.25, -0.2) is 8.42 Å². The van der Waals surface area contributed by atoms with E-state index in [4.69, 9.17) is 11.6 Å². The molecule has 0 saturated heterocycles. The number of sulfonamides is 1. The lowest BCUT2D eigenvalue weighted by atomic mass is 10.0. The van der Waals surface area contributed by atoms with Crippen LogP contribution in [0.1, 0.15) is 27.8 Å². The van der Waals surface area contributed by atoms with Crippen molar-refractivity contribution in [1.82, 2.24) is 10.2 Å². The number of hydrogen-bond donors (Lipinski definition) is 1. The first kappa shape index (κ1) is 31.8. The van der Waals surface area contributed by atoms with Crippen LogP contribution in [0.4, 0.5) is 5.69 Å². The van der Waals surface area contributed by atoms with Crippen LogP contribution in [0.3, 0.4) is 0 Å². The van der Waals surface area contributed by atoms with Gasteiger partial charge in [0.15, 0.2) is 0 Å². The molecule has 1 atom stereocenters. The van der Waals surface area contributed by atoms with Crippen molar-refractivity contribution in [2.45, 2.75) is 44.7 Å². The van der Waals surface area contributed by atoms with Crippen molar-refractivity contribution in [3.63, 3.8) is 0 Å². The third-order valence-corrected chi connectivity index (χ3v) is 9.28. The summed E-state index contributed by atoms with van der Waals surface area (Å²) in [7, 11) is -2.65. The van der Waals surface area contributed by atoms with Gasteiger partial charge >= 0.3 is 0 Å². The fourth-order valence-electron chi connectivity index (χ4n) is 4.98. The van der Waals surface area contributed by atoms with Crippen LogP contribution in [0.2, 0.25) is 5.02 Å². The maximum absolute atomic E-state index is 14.4. The number of anilines is 1. The highest BCUT2D eigenvalue weighted by Crippen LogP contribution is 2.30. The van der Waals surface area contributed by atoms with E-state index >= 15 is 0 Å². The predicted molar refractivity (Wildman–Crippen MR) is 172 cm³/mol. The molecule has 4 aromatic carbocycles. The highest BCUT2D eigenvalue weighted by atomic mass is 35.5.